The molecule has 3 aliphatic heterocycles. The maximum absolute atomic E-state index is 14.4. The number of hydrogen-bond donors (Lipinski definition) is 4. The van der Waals surface area contributed by atoms with Crippen molar-refractivity contribution in [3.63, 3.8) is 0 Å². The second-order valence-electron chi connectivity index (χ2n) is 18.1. The summed E-state index contributed by atoms with van der Waals surface area (Å²) in [6.07, 6.45) is 8.50. The number of nitrogens with zero attached hydrogens (tertiary/aromatic N) is 4. The van der Waals surface area contributed by atoms with Crippen molar-refractivity contribution >= 4 is 51.4 Å². The van der Waals surface area contributed by atoms with Gasteiger partial charge in [0.2, 0.25) is 5.91 Å². The Bertz CT molecular complexity index is 2670. The van der Waals surface area contributed by atoms with E-state index in [9.17, 15) is 19.2 Å². The number of benzene rings is 3. The van der Waals surface area contributed by atoms with Crippen LogP contribution in [0, 0.1) is 23.7 Å². The number of H-pyrrole nitrogens is 2. The summed E-state index contributed by atoms with van der Waals surface area (Å²) in [7, 11) is 4.23. The summed E-state index contributed by atoms with van der Waals surface area (Å²) >= 11 is 0. The third-order valence-electron chi connectivity index (χ3n) is 13.4. The van der Waals surface area contributed by atoms with Gasteiger partial charge >= 0.3 is 12.2 Å². The molecular weight excluding hydrogens is 829 g/mol. The molecular formula is C49H56N8O8. The van der Waals surface area contributed by atoms with Gasteiger partial charge < -0.3 is 49.3 Å². The number of imidazole rings is 2. The van der Waals surface area contributed by atoms with Crippen LogP contribution in [0.25, 0.3) is 27.4 Å². The van der Waals surface area contributed by atoms with Gasteiger partial charge in [-0.3, -0.25) is 9.59 Å². The van der Waals surface area contributed by atoms with Gasteiger partial charge in [-0.15, -0.1) is 0 Å². The second-order valence-corrected chi connectivity index (χ2v) is 18.1. The number of allylic oxidation sites excluding steroid dienone is 3. The Kier molecular flexibility index (Phi) is 12.1. The van der Waals surface area contributed by atoms with Gasteiger partial charge in [0.05, 0.1) is 62.4 Å². The van der Waals surface area contributed by atoms with Crippen LogP contribution in [0.1, 0.15) is 86.1 Å². The monoisotopic (exact) mass is 884 g/mol. The van der Waals surface area contributed by atoms with Crippen LogP contribution in [0.5, 0.6) is 5.75 Å². The van der Waals surface area contributed by atoms with Crippen LogP contribution in [-0.2, 0) is 23.8 Å². The van der Waals surface area contributed by atoms with E-state index >= 15 is 0 Å². The zero-order valence-corrected chi connectivity index (χ0v) is 37.5. The quantitative estimate of drug-likeness (QED) is 0.106. The van der Waals surface area contributed by atoms with E-state index in [0.717, 1.165) is 50.8 Å². The molecule has 3 aromatic carbocycles. The lowest BCUT2D eigenvalue weighted by molar-refractivity contribution is -0.136. The smallest absolute Gasteiger partial charge is 0.407 e. The first-order valence-corrected chi connectivity index (χ1v) is 22.3. The van der Waals surface area contributed by atoms with Crippen molar-refractivity contribution in [2.45, 2.75) is 63.7 Å². The predicted octanol–water partition coefficient (Wildman–Crippen LogP) is 7.11. The van der Waals surface area contributed by atoms with Gasteiger partial charge in [0.25, 0.3) is 5.91 Å². The second kappa shape index (κ2) is 18.1. The minimum atomic E-state index is -0.951. The normalized spacial score (nSPS) is 23.4. The lowest BCUT2D eigenvalue weighted by Gasteiger charge is -2.33. The Morgan fingerprint density at radius 1 is 0.892 bits per heavy atom. The number of aromatic nitrogens is 4. The van der Waals surface area contributed by atoms with Crippen LogP contribution in [-0.4, -0.2) is 107 Å². The minimum absolute atomic E-state index is 0.0632. The highest BCUT2D eigenvalue weighted by Crippen LogP contribution is 2.46. The average Bonchev–Trinajstić information content (AvgIpc) is 4.15. The summed E-state index contributed by atoms with van der Waals surface area (Å²) in [6, 6.07) is 15.2. The standard InChI is InChI=1S/C49H56N8O8/c1-26(2)41(54-48(60)63-5)46(58)56-22-27(3)16-38(56)44-50-21-37(52-44)31-12-14-33-32(18-31)25-65-40-20-34-30(19-35(33)40)13-15-36-43(34)53-45(51-36)39-17-28(24-62-4)23-57(39)47(59)42(55-49(61)64-6)29-10-8-7-9-11-29/h7-15,18-21,26-28,32-33,38-39,41-42H,16-17,22-25H2,1-6H3,(H,50,52)(H,51,53)(H,54,60)(H,55,61)/t27-,28-,32?,33?,38-,39-,41-,42+/m0/s1. The van der Waals surface area contributed by atoms with Crippen molar-refractivity contribution in [1.82, 2.24) is 40.4 Å². The van der Waals surface area contributed by atoms with Crippen molar-refractivity contribution in [1.29, 1.82) is 0 Å². The molecule has 8 atom stereocenters. The number of carbonyl (C=O) groups is 4. The van der Waals surface area contributed by atoms with Gasteiger partial charge in [-0.1, -0.05) is 75.4 Å². The molecule has 5 heterocycles. The van der Waals surface area contributed by atoms with E-state index in [1.54, 1.807) is 12.0 Å². The number of carbonyl (C=O) groups excluding carboxylic acids is 4. The maximum atomic E-state index is 14.4. The van der Waals surface area contributed by atoms with Crippen LogP contribution in [0.4, 0.5) is 9.59 Å². The molecule has 2 saturated heterocycles. The number of amides is 4. The van der Waals surface area contributed by atoms with E-state index in [1.165, 1.54) is 14.2 Å². The maximum Gasteiger partial charge on any atom is 0.407 e. The fourth-order valence-corrected chi connectivity index (χ4v) is 10.1. The Hall–Kier alpha value is -6.68. The minimum Gasteiger partial charge on any atom is -0.493 e. The van der Waals surface area contributed by atoms with Crippen LogP contribution >= 0.6 is 0 Å². The molecule has 0 bridgehead atoms. The molecule has 2 aromatic heterocycles. The first-order chi connectivity index (χ1) is 31.4. The summed E-state index contributed by atoms with van der Waals surface area (Å²) in [6.45, 7) is 7.90. The molecule has 340 valence electrons. The molecule has 4 amide bonds. The first kappa shape index (κ1) is 43.6. The van der Waals surface area contributed by atoms with Crippen molar-refractivity contribution < 1.29 is 38.1 Å². The van der Waals surface area contributed by atoms with Gasteiger partial charge in [0, 0.05) is 48.9 Å². The summed E-state index contributed by atoms with van der Waals surface area (Å²) in [5.41, 5.74) is 5.25. The van der Waals surface area contributed by atoms with Gasteiger partial charge in [-0.05, 0) is 59.4 Å². The highest BCUT2D eigenvalue weighted by molar-refractivity contribution is 6.05. The number of rotatable bonds is 11. The summed E-state index contributed by atoms with van der Waals surface area (Å²) < 4.78 is 21.8. The molecule has 4 N–H and O–H groups in total. The number of alkyl carbamates (subject to hydrolysis) is 2. The fourth-order valence-electron chi connectivity index (χ4n) is 10.1. The van der Waals surface area contributed by atoms with Gasteiger partial charge in [-0.25, -0.2) is 19.6 Å². The van der Waals surface area contributed by atoms with Crippen LogP contribution in [0.2, 0.25) is 0 Å². The predicted molar refractivity (Wildman–Crippen MR) is 243 cm³/mol. The number of aromatic amines is 2. The zero-order chi connectivity index (χ0) is 45.5. The molecule has 0 radical (unpaired) electrons. The van der Waals surface area contributed by atoms with Gasteiger partial charge in [-0.2, -0.15) is 0 Å². The highest BCUT2D eigenvalue weighted by Gasteiger charge is 2.43. The van der Waals surface area contributed by atoms with Crippen molar-refractivity contribution in [2.75, 3.05) is 47.6 Å². The Balaban J connectivity index is 0.954. The number of likely N-dealkylation sites (tertiary alicyclic amines) is 2. The molecule has 1 aliphatic carbocycles. The van der Waals surface area contributed by atoms with Crippen LogP contribution < -0.4 is 15.4 Å². The molecule has 16 heteroatoms. The molecule has 2 fully saturated rings. The van der Waals surface area contributed by atoms with E-state index < -0.39 is 24.3 Å². The van der Waals surface area contributed by atoms with E-state index in [4.69, 9.17) is 28.9 Å². The third-order valence-corrected chi connectivity index (χ3v) is 13.4. The van der Waals surface area contributed by atoms with Crippen molar-refractivity contribution in [2.24, 2.45) is 23.7 Å². The zero-order valence-electron chi connectivity index (χ0n) is 37.5. The van der Waals surface area contributed by atoms with E-state index in [1.807, 2.05) is 61.3 Å². The molecule has 0 spiro atoms. The fraction of sp³-hybridized carbons (Fsp3) is 0.429. The van der Waals surface area contributed by atoms with E-state index in [0.29, 0.717) is 49.9 Å². The lowest BCUT2D eigenvalue weighted by Crippen LogP contribution is -2.51. The number of nitrogens with one attached hydrogen (secondary N) is 4. The lowest BCUT2D eigenvalue weighted by atomic mass is 9.78. The molecule has 9 rings (SSSR count). The summed E-state index contributed by atoms with van der Waals surface area (Å²) in [5, 5.41) is 7.48. The Labute approximate surface area is 377 Å². The SMILES string of the molecule is COC[C@H]1C[C@@H](c2nc3ccc4cc5c(cc4c3[nH]2)OCC2C=C(c3cnc([C@@H]4C[C@H](C)CN4C(=O)[C@@H](NC(=O)OC)C(C)C)[nH]3)C=CC52)N(C(=O)[C@H](NC(=O)OC)c2ccccc2)C1. The van der Waals surface area contributed by atoms with Crippen molar-refractivity contribution in [3.05, 3.63) is 107 Å². The van der Waals surface area contributed by atoms with Crippen LogP contribution in [0.15, 0.2) is 79.0 Å². The molecule has 5 aromatic rings. The highest BCUT2D eigenvalue weighted by atomic mass is 16.5. The summed E-state index contributed by atoms with van der Waals surface area (Å²) in [4.78, 5) is 73.5. The first-order valence-electron chi connectivity index (χ1n) is 22.3. The molecule has 2 unspecified atom stereocenters. The Morgan fingerprint density at radius 2 is 1.65 bits per heavy atom. The molecule has 16 nitrogen and oxygen atoms in total. The summed E-state index contributed by atoms with van der Waals surface area (Å²) in [5.74, 6) is 2.15. The van der Waals surface area contributed by atoms with Crippen LogP contribution in [0.3, 0.4) is 0 Å². The number of fused-ring (bicyclic) bond motifs is 6. The number of hydrogen-bond acceptors (Lipinski definition) is 10. The molecule has 4 aliphatic rings. The van der Waals surface area contributed by atoms with Crippen molar-refractivity contribution in [3.8, 4) is 5.75 Å². The average molecular weight is 885 g/mol. The number of methoxy groups -OCH3 is 3. The Morgan fingerprint density at radius 3 is 2.40 bits per heavy atom. The third kappa shape index (κ3) is 8.42. The van der Waals surface area contributed by atoms with E-state index in [-0.39, 0.29) is 53.5 Å². The molecule has 65 heavy (non-hydrogen) atoms. The van der Waals surface area contributed by atoms with E-state index in [2.05, 4.69) is 64.0 Å². The van der Waals surface area contributed by atoms with Gasteiger partial charge in [0.1, 0.15) is 29.5 Å². The largest absolute Gasteiger partial charge is 0.493 e. The topological polar surface area (TPSA) is 193 Å². The molecule has 0 saturated carbocycles. The number of ether oxygens (including phenoxy) is 4. The van der Waals surface area contributed by atoms with Gasteiger partial charge in [0.15, 0.2) is 0 Å².